The van der Waals surface area contributed by atoms with Gasteiger partial charge in [0.05, 0.1) is 11.8 Å². The van der Waals surface area contributed by atoms with Gasteiger partial charge in [-0.15, -0.1) is 11.3 Å². The van der Waals surface area contributed by atoms with Crippen LogP contribution in [-0.4, -0.2) is 16.1 Å². The number of hydrogen-bond acceptors (Lipinski definition) is 5. The van der Waals surface area contributed by atoms with Crippen LogP contribution in [0.2, 0.25) is 0 Å². The molecule has 2 aromatic heterocycles. The van der Waals surface area contributed by atoms with Gasteiger partial charge in [-0.25, -0.2) is 9.97 Å². The summed E-state index contributed by atoms with van der Waals surface area (Å²) >= 11 is 1.61. The van der Waals surface area contributed by atoms with Crippen LogP contribution in [0.25, 0.3) is 0 Å². The summed E-state index contributed by atoms with van der Waals surface area (Å²) in [5.74, 6) is 0.688. The third kappa shape index (κ3) is 3.43. The Hall–Kier alpha value is -1.62. The van der Waals surface area contributed by atoms with E-state index < -0.39 is 0 Å². The lowest BCUT2D eigenvalue weighted by molar-refractivity contribution is 0.230. The molecule has 0 aliphatic carbocycles. The van der Waals surface area contributed by atoms with Crippen molar-refractivity contribution in [3.8, 4) is 5.88 Å². The lowest BCUT2D eigenvalue weighted by atomic mass is 10.2. The van der Waals surface area contributed by atoms with Gasteiger partial charge in [-0.3, -0.25) is 0 Å². The molecule has 2 heterocycles. The predicted octanol–water partition coefficient (Wildman–Crippen LogP) is 3.25. The number of thiazole rings is 1. The molecule has 0 spiro atoms. The average molecular weight is 263 g/mol. The molecule has 2 rings (SSSR count). The van der Waals surface area contributed by atoms with Crippen molar-refractivity contribution in [3.05, 3.63) is 35.0 Å². The maximum absolute atomic E-state index is 5.67. The molecule has 0 amide bonds. The summed E-state index contributed by atoms with van der Waals surface area (Å²) < 4.78 is 5.67. The van der Waals surface area contributed by atoms with Crippen LogP contribution >= 0.6 is 11.3 Å². The van der Waals surface area contributed by atoms with Crippen LogP contribution in [0.15, 0.2) is 23.7 Å². The molecule has 0 aromatic carbocycles. The lowest BCUT2D eigenvalue weighted by Crippen LogP contribution is -2.10. The molecule has 0 unspecified atom stereocenters. The minimum Gasteiger partial charge on any atom is -0.475 e. The van der Waals surface area contributed by atoms with E-state index in [2.05, 4.69) is 15.3 Å². The van der Waals surface area contributed by atoms with E-state index in [4.69, 9.17) is 4.74 Å². The van der Waals surface area contributed by atoms with Crippen molar-refractivity contribution in [3.63, 3.8) is 0 Å². The predicted molar refractivity (Wildman–Crippen MR) is 74.2 cm³/mol. The maximum atomic E-state index is 5.67. The zero-order valence-electron chi connectivity index (χ0n) is 10.8. The summed E-state index contributed by atoms with van der Waals surface area (Å²) in [6.07, 6.45) is 1.87. The number of pyridine rings is 1. The van der Waals surface area contributed by atoms with Gasteiger partial charge in [0.1, 0.15) is 0 Å². The number of nitrogens with zero attached hydrogens (tertiary/aromatic N) is 2. The van der Waals surface area contributed by atoms with E-state index in [1.165, 1.54) is 0 Å². The Balaban J connectivity index is 2.04. The molecule has 0 radical (unpaired) electrons. The summed E-state index contributed by atoms with van der Waals surface area (Å²) in [6.45, 7) is 6.65. The Morgan fingerprint density at radius 2 is 2.28 bits per heavy atom. The molecule has 96 valence electrons. The minimum atomic E-state index is 0.126. The molecule has 0 aliphatic rings. The van der Waals surface area contributed by atoms with E-state index in [1.807, 2.05) is 38.3 Å². The first kappa shape index (κ1) is 12.8. The number of aromatic nitrogens is 2. The van der Waals surface area contributed by atoms with Gasteiger partial charge in [-0.1, -0.05) is 6.07 Å². The summed E-state index contributed by atoms with van der Waals surface area (Å²) in [5, 5.41) is 6.23. The zero-order valence-corrected chi connectivity index (χ0v) is 11.6. The Kier molecular flexibility index (Phi) is 4.15. The smallest absolute Gasteiger partial charge is 0.218 e. The molecular weight excluding hydrogens is 246 g/mol. The third-order valence-electron chi connectivity index (χ3n) is 2.25. The van der Waals surface area contributed by atoms with Gasteiger partial charge in [0.15, 0.2) is 5.13 Å². The molecule has 1 N–H and O–H groups in total. The van der Waals surface area contributed by atoms with Crippen molar-refractivity contribution in [1.82, 2.24) is 9.97 Å². The van der Waals surface area contributed by atoms with Crippen molar-refractivity contribution >= 4 is 16.5 Å². The van der Waals surface area contributed by atoms with Crippen molar-refractivity contribution in [2.45, 2.75) is 33.4 Å². The SMILES string of the molecule is Cc1csc(NCc2cccnc2OC(C)C)n1. The van der Waals surface area contributed by atoms with Crippen LogP contribution < -0.4 is 10.1 Å². The van der Waals surface area contributed by atoms with Crippen LogP contribution in [0, 0.1) is 6.92 Å². The molecule has 0 saturated heterocycles. The van der Waals surface area contributed by atoms with Gasteiger partial charge in [0.25, 0.3) is 0 Å². The molecule has 5 heteroatoms. The molecule has 18 heavy (non-hydrogen) atoms. The van der Waals surface area contributed by atoms with Crippen LogP contribution in [0.5, 0.6) is 5.88 Å². The maximum Gasteiger partial charge on any atom is 0.218 e. The largest absolute Gasteiger partial charge is 0.475 e. The topological polar surface area (TPSA) is 47.0 Å². The second-order valence-corrected chi connectivity index (χ2v) is 5.14. The van der Waals surface area contributed by atoms with E-state index in [1.54, 1.807) is 17.5 Å². The Morgan fingerprint density at radius 3 is 2.94 bits per heavy atom. The summed E-state index contributed by atoms with van der Waals surface area (Å²) in [7, 11) is 0. The number of hydrogen-bond donors (Lipinski definition) is 1. The fourth-order valence-corrected chi connectivity index (χ4v) is 2.18. The highest BCUT2D eigenvalue weighted by molar-refractivity contribution is 7.13. The monoisotopic (exact) mass is 263 g/mol. The molecule has 2 aromatic rings. The highest BCUT2D eigenvalue weighted by atomic mass is 32.1. The summed E-state index contributed by atoms with van der Waals surface area (Å²) in [6, 6.07) is 3.93. The third-order valence-corrected chi connectivity index (χ3v) is 3.16. The first-order valence-corrected chi connectivity index (χ1v) is 6.79. The first-order chi connectivity index (χ1) is 8.65. The van der Waals surface area contributed by atoms with E-state index in [0.717, 1.165) is 16.4 Å². The van der Waals surface area contributed by atoms with Gasteiger partial charge in [0.2, 0.25) is 5.88 Å². The van der Waals surface area contributed by atoms with Crippen LogP contribution in [0.4, 0.5) is 5.13 Å². The quantitative estimate of drug-likeness (QED) is 0.899. The second-order valence-electron chi connectivity index (χ2n) is 4.28. The highest BCUT2D eigenvalue weighted by Gasteiger charge is 2.07. The molecule has 4 nitrogen and oxygen atoms in total. The Bertz CT molecular complexity index is 510. The number of nitrogens with one attached hydrogen (secondary N) is 1. The zero-order chi connectivity index (χ0) is 13.0. The van der Waals surface area contributed by atoms with Crippen molar-refractivity contribution in [2.75, 3.05) is 5.32 Å². The van der Waals surface area contributed by atoms with Crippen molar-refractivity contribution in [1.29, 1.82) is 0 Å². The van der Waals surface area contributed by atoms with Gasteiger partial charge in [-0.2, -0.15) is 0 Å². The summed E-state index contributed by atoms with van der Waals surface area (Å²) in [5.41, 5.74) is 2.08. The number of anilines is 1. The molecule has 0 fully saturated rings. The molecule has 0 atom stereocenters. The lowest BCUT2D eigenvalue weighted by Gasteiger charge is -2.12. The molecular formula is C13H17N3OS. The van der Waals surface area contributed by atoms with Gasteiger partial charge in [0, 0.05) is 23.7 Å². The van der Waals surface area contributed by atoms with E-state index in [0.29, 0.717) is 12.4 Å². The van der Waals surface area contributed by atoms with Crippen LogP contribution in [-0.2, 0) is 6.54 Å². The number of rotatable bonds is 5. The number of ether oxygens (including phenoxy) is 1. The van der Waals surface area contributed by atoms with Gasteiger partial charge < -0.3 is 10.1 Å². The first-order valence-electron chi connectivity index (χ1n) is 5.91. The second kappa shape index (κ2) is 5.82. The van der Waals surface area contributed by atoms with Crippen LogP contribution in [0.3, 0.4) is 0 Å². The molecule has 0 saturated carbocycles. The Morgan fingerprint density at radius 1 is 1.44 bits per heavy atom. The van der Waals surface area contributed by atoms with Crippen molar-refractivity contribution < 1.29 is 4.74 Å². The van der Waals surface area contributed by atoms with E-state index in [-0.39, 0.29) is 6.10 Å². The van der Waals surface area contributed by atoms with Gasteiger partial charge in [-0.05, 0) is 26.8 Å². The molecule has 0 bridgehead atoms. The summed E-state index contributed by atoms with van der Waals surface area (Å²) in [4.78, 5) is 8.62. The fraction of sp³-hybridized carbons (Fsp3) is 0.385. The van der Waals surface area contributed by atoms with Gasteiger partial charge >= 0.3 is 0 Å². The fourth-order valence-electron chi connectivity index (χ4n) is 1.49. The normalized spacial score (nSPS) is 10.7. The Labute approximate surface area is 111 Å². The molecule has 0 aliphatic heterocycles. The minimum absolute atomic E-state index is 0.126. The highest BCUT2D eigenvalue weighted by Crippen LogP contribution is 2.19. The van der Waals surface area contributed by atoms with E-state index >= 15 is 0 Å². The standard InChI is InChI=1S/C13H17N3OS/c1-9(2)17-12-11(5-4-6-14-12)7-15-13-16-10(3)8-18-13/h4-6,8-9H,7H2,1-3H3,(H,15,16). The average Bonchev–Trinajstić information content (AvgIpc) is 2.73. The van der Waals surface area contributed by atoms with Crippen molar-refractivity contribution in [2.24, 2.45) is 0 Å². The van der Waals surface area contributed by atoms with E-state index in [9.17, 15) is 0 Å². The van der Waals surface area contributed by atoms with Crippen LogP contribution in [0.1, 0.15) is 25.1 Å². The number of aryl methyl sites for hydroxylation is 1.